The number of benzene rings is 2. The Morgan fingerprint density at radius 2 is 1.02 bits per heavy atom. The number of rotatable bonds is 14. The molecule has 1 amide bonds. The summed E-state index contributed by atoms with van der Waals surface area (Å²) in [5.41, 5.74) is 6.80. The number of carbonyl (C=O) groups is 2. The van der Waals surface area contributed by atoms with Gasteiger partial charge in [0.1, 0.15) is 23.0 Å². The van der Waals surface area contributed by atoms with Gasteiger partial charge in [0.05, 0.1) is 54.5 Å². The molecule has 330 valence electrons. The van der Waals surface area contributed by atoms with E-state index in [2.05, 4.69) is 68.8 Å². The number of methoxy groups -OCH3 is 6. The van der Waals surface area contributed by atoms with Crippen LogP contribution in [0.2, 0.25) is 0 Å². The van der Waals surface area contributed by atoms with Crippen molar-refractivity contribution in [2.75, 3.05) is 63.4 Å². The van der Waals surface area contributed by atoms with Crippen LogP contribution < -0.4 is 31.4 Å². The minimum Gasteiger partial charge on any atom is -1.00 e. The van der Waals surface area contributed by atoms with E-state index in [0.717, 1.165) is 92.1 Å². The van der Waals surface area contributed by atoms with E-state index in [4.69, 9.17) is 28.5 Å². The quantitative estimate of drug-likeness (QED) is 0.0662. The van der Waals surface area contributed by atoms with Crippen molar-refractivity contribution in [2.24, 2.45) is 11.8 Å². The number of amides is 1. The fraction of sp³-hybridized carbons (Fsp3) is 0.596. The van der Waals surface area contributed by atoms with E-state index in [0.29, 0.717) is 0 Å². The molecule has 4 atom stereocenters. The van der Waals surface area contributed by atoms with Crippen molar-refractivity contribution >= 4 is 34.9 Å². The fourth-order valence-electron chi connectivity index (χ4n) is 7.23. The molecule has 4 rings (SSSR count). The Balaban J connectivity index is 0. The second kappa shape index (κ2) is 31.8. The SMILES string of the molecule is CCCc1cc(OC)c([C@@H]2C=C(C)CC[C@H]2C(=O)N(C)OC)c(OC)c1.CCCc1cc(OC)c([C@@H]2C=C(C)CC[C@H]2C(=O)OC)c(OC)c1.CCOC.C[CH-]C.[Cl-].[Mg+2]. The predicted molar refractivity (Wildman–Crippen MR) is 236 cm³/mol. The van der Waals surface area contributed by atoms with Crippen LogP contribution in [-0.2, 0) is 36.7 Å². The first kappa shape index (κ1) is 58.1. The molecule has 0 N–H and O–H groups in total. The van der Waals surface area contributed by atoms with Crippen LogP contribution in [0.4, 0.5) is 0 Å². The molecular weight excluding hydrogens is 782 g/mol. The third-order valence-corrected chi connectivity index (χ3v) is 10.1. The smallest absolute Gasteiger partial charge is 1.00 e. The van der Waals surface area contributed by atoms with Crippen molar-refractivity contribution < 1.29 is 55.3 Å². The Bertz CT molecular complexity index is 1530. The first-order chi connectivity index (χ1) is 27.3. The number of hydroxylamine groups is 2. The first-order valence-electron chi connectivity index (χ1n) is 20.3. The summed E-state index contributed by atoms with van der Waals surface area (Å²) in [6.07, 6.45) is 13.7. The van der Waals surface area contributed by atoms with E-state index in [9.17, 15) is 9.59 Å². The Labute approximate surface area is 379 Å². The Kier molecular flexibility index (Phi) is 31.4. The summed E-state index contributed by atoms with van der Waals surface area (Å²) in [7, 11) is 13.0. The molecule has 2 aromatic carbocycles. The summed E-state index contributed by atoms with van der Waals surface area (Å²) < 4.78 is 32.3. The molecule has 0 heterocycles. The van der Waals surface area contributed by atoms with Crippen molar-refractivity contribution in [1.82, 2.24) is 5.06 Å². The number of hydrogen-bond donors (Lipinski definition) is 0. The zero-order valence-corrected chi connectivity index (χ0v) is 41.1. The average Bonchev–Trinajstić information content (AvgIpc) is 3.22. The molecule has 0 bridgehead atoms. The van der Waals surface area contributed by atoms with E-state index < -0.39 is 0 Å². The number of carbonyl (C=O) groups excluding carboxylic acids is 2. The Hall–Kier alpha value is -2.96. The van der Waals surface area contributed by atoms with Crippen molar-refractivity contribution in [3.63, 3.8) is 0 Å². The summed E-state index contributed by atoms with van der Waals surface area (Å²) >= 11 is 0. The van der Waals surface area contributed by atoms with E-state index in [1.165, 1.54) is 41.6 Å². The maximum Gasteiger partial charge on any atom is 2.00 e. The maximum absolute atomic E-state index is 12.9. The second-order valence-corrected chi connectivity index (χ2v) is 14.4. The van der Waals surface area contributed by atoms with Crippen molar-refractivity contribution in [3.05, 3.63) is 76.2 Å². The minimum absolute atomic E-state index is 0. The summed E-state index contributed by atoms with van der Waals surface area (Å²) in [6.45, 7) is 15.3. The molecule has 0 unspecified atom stereocenters. The zero-order chi connectivity index (χ0) is 43.1. The molecule has 0 saturated heterocycles. The standard InChI is InChI=1S/C21H31NO4.C20H28O4.C3H8O.C3H7.ClH.Mg/c1-7-8-15-12-18(24-4)20(19(13-15)25-5)17-11-14(2)9-10-16(17)21(23)22(3)26-6;1-6-7-14-11-17(22-3)19(18(12-14)23-4)16-10-13(2)8-9-15(16)20(21)24-5;1-3-4-2;1-3-2;;/h11-13,16-17H,7-10H2,1-6H3;10-12,15-16H,6-9H2,1-5H3;3H2,1-2H3;3H,1-2H3;1H;/q;;;-1;;+2/p-1/t16-,17-;15-,16-;;;;/m11..../s1. The number of aryl methyl sites for hydroxylation is 2. The summed E-state index contributed by atoms with van der Waals surface area (Å²) in [4.78, 5) is 30.3. The number of ether oxygens (including phenoxy) is 6. The molecule has 10 nitrogen and oxygen atoms in total. The van der Waals surface area contributed by atoms with Crippen LogP contribution in [0.3, 0.4) is 0 Å². The van der Waals surface area contributed by atoms with Crippen LogP contribution in [0.1, 0.15) is 121 Å². The largest absolute Gasteiger partial charge is 2.00 e. The molecule has 0 spiro atoms. The predicted octanol–water partition coefficient (Wildman–Crippen LogP) is 6.89. The van der Waals surface area contributed by atoms with Crippen LogP contribution in [0.25, 0.3) is 0 Å². The van der Waals surface area contributed by atoms with E-state index >= 15 is 0 Å². The molecule has 2 aliphatic rings. The van der Waals surface area contributed by atoms with Gasteiger partial charge in [-0.25, -0.2) is 5.06 Å². The molecular formula is C47H74ClMgNO9. The van der Waals surface area contributed by atoms with Crippen LogP contribution >= 0.6 is 0 Å². The Morgan fingerprint density at radius 1 is 0.678 bits per heavy atom. The topological polar surface area (TPSA) is 102 Å². The van der Waals surface area contributed by atoms with Crippen molar-refractivity contribution in [1.29, 1.82) is 0 Å². The van der Waals surface area contributed by atoms with Gasteiger partial charge in [0.25, 0.3) is 0 Å². The average molecular weight is 857 g/mol. The van der Waals surface area contributed by atoms with Gasteiger partial charge in [0.15, 0.2) is 0 Å². The van der Waals surface area contributed by atoms with Crippen LogP contribution in [0.15, 0.2) is 47.6 Å². The number of nitrogens with zero attached hydrogens (tertiary/aromatic N) is 1. The molecule has 0 radical (unpaired) electrons. The molecule has 12 heteroatoms. The summed E-state index contributed by atoms with van der Waals surface area (Å²) in [5, 5.41) is 1.32. The normalized spacial score (nSPS) is 17.7. The van der Waals surface area contributed by atoms with E-state index in [1.807, 2.05) is 27.2 Å². The first-order valence-corrected chi connectivity index (χ1v) is 20.3. The van der Waals surface area contributed by atoms with Gasteiger partial charge >= 0.3 is 29.0 Å². The molecule has 0 aliphatic heterocycles. The summed E-state index contributed by atoms with van der Waals surface area (Å²) in [5.74, 6) is 2.31. The molecule has 2 aliphatic carbocycles. The van der Waals surface area contributed by atoms with Crippen LogP contribution in [0, 0.1) is 18.3 Å². The number of esters is 1. The maximum atomic E-state index is 12.9. The number of halogens is 1. The van der Waals surface area contributed by atoms with Gasteiger partial charge in [-0.3, -0.25) is 14.4 Å². The monoisotopic (exact) mass is 855 g/mol. The van der Waals surface area contributed by atoms with Gasteiger partial charge in [0.2, 0.25) is 5.91 Å². The van der Waals surface area contributed by atoms with Crippen LogP contribution in [-0.4, -0.2) is 103 Å². The third-order valence-electron chi connectivity index (χ3n) is 10.1. The van der Waals surface area contributed by atoms with Crippen LogP contribution in [0.5, 0.6) is 23.0 Å². The van der Waals surface area contributed by atoms with Gasteiger partial charge in [0, 0.05) is 43.7 Å². The van der Waals surface area contributed by atoms with E-state index in [1.54, 1.807) is 42.6 Å². The van der Waals surface area contributed by atoms with Crippen molar-refractivity contribution in [3.8, 4) is 23.0 Å². The van der Waals surface area contributed by atoms with Gasteiger partial charge < -0.3 is 47.2 Å². The Morgan fingerprint density at radius 3 is 1.31 bits per heavy atom. The number of allylic oxidation sites excluding steroid dienone is 4. The van der Waals surface area contributed by atoms with Gasteiger partial charge in [-0.15, -0.1) is 0 Å². The second-order valence-electron chi connectivity index (χ2n) is 14.4. The molecule has 59 heavy (non-hydrogen) atoms. The fourth-order valence-corrected chi connectivity index (χ4v) is 7.23. The van der Waals surface area contributed by atoms with E-state index in [-0.39, 0.29) is 71.0 Å². The summed E-state index contributed by atoms with van der Waals surface area (Å²) in [6, 6.07) is 8.27. The van der Waals surface area contributed by atoms with Gasteiger partial charge in [-0.1, -0.05) is 50.0 Å². The third kappa shape index (κ3) is 17.5. The minimum atomic E-state index is -0.210. The van der Waals surface area contributed by atoms with Crippen molar-refractivity contribution in [2.45, 2.75) is 112 Å². The molecule has 2 aromatic rings. The van der Waals surface area contributed by atoms with Gasteiger partial charge in [-0.2, -0.15) is 13.8 Å². The molecule has 0 saturated carbocycles. The molecule has 0 fully saturated rings. The zero-order valence-electron chi connectivity index (χ0n) is 38.9. The van der Waals surface area contributed by atoms with Gasteiger partial charge in [-0.05, 0) is 94.7 Å². The molecule has 0 aromatic heterocycles. The number of hydrogen-bond acceptors (Lipinski definition) is 9.